The van der Waals surface area contributed by atoms with E-state index in [2.05, 4.69) is 61.3 Å². The molecule has 1 atom stereocenters. The average Bonchev–Trinajstić information content (AvgIpc) is 2.99. The van der Waals surface area contributed by atoms with Crippen LogP contribution in [0.15, 0.2) is 88.4 Å². The Labute approximate surface area is 260 Å². The first-order valence-corrected chi connectivity index (χ1v) is 16.1. The minimum absolute atomic E-state index is 0.0759. The first kappa shape index (κ1) is 31.2. The summed E-state index contributed by atoms with van der Waals surface area (Å²) in [4.78, 5) is 17.3. The van der Waals surface area contributed by atoms with Crippen molar-refractivity contribution >= 4 is 17.7 Å². The number of esters is 1. The highest BCUT2D eigenvalue weighted by Crippen LogP contribution is 2.46. The molecular weight excluding hydrogens is 556 g/mol. The van der Waals surface area contributed by atoms with Crippen LogP contribution in [0, 0.1) is 6.92 Å². The first-order valence-electron chi connectivity index (χ1n) is 15.3. The van der Waals surface area contributed by atoms with Gasteiger partial charge in [-0.3, -0.25) is 4.90 Å². The van der Waals surface area contributed by atoms with Gasteiger partial charge in [-0.1, -0.05) is 87.1 Å². The Kier molecular flexibility index (Phi) is 9.85. The van der Waals surface area contributed by atoms with E-state index in [9.17, 15) is 9.90 Å². The number of aliphatic hydroxyl groups is 1. The maximum Gasteiger partial charge on any atom is 0.349 e. The van der Waals surface area contributed by atoms with E-state index in [1.807, 2.05) is 49.4 Å². The molecule has 6 nitrogen and oxygen atoms in total. The van der Waals surface area contributed by atoms with E-state index in [-0.39, 0.29) is 22.5 Å². The molecular formula is C36H44N2O4S. The molecule has 7 heteroatoms. The number of cyclic esters (lactones) is 1. The van der Waals surface area contributed by atoms with Gasteiger partial charge in [0.2, 0.25) is 0 Å². The summed E-state index contributed by atoms with van der Waals surface area (Å²) < 4.78 is 12.4. The van der Waals surface area contributed by atoms with Gasteiger partial charge in [-0.15, -0.1) is 0 Å². The normalized spacial score (nSPS) is 19.8. The number of nitrogens with zero attached hydrogens (tertiary/aromatic N) is 1. The number of carbonyl (C=O) groups excluding carboxylic acids is 1. The van der Waals surface area contributed by atoms with Gasteiger partial charge in [-0.2, -0.15) is 0 Å². The molecule has 0 aromatic heterocycles. The van der Waals surface area contributed by atoms with Gasteiger partial charge >= 0.3 is 5.97 Å². The fraction of sp³-hybridized carbons (Fsp3) is 0.417. The van der Waals surface area contributed by atoms with Crippen LogP contribution < -0.4 is 10.1 Å². The lowest BCUT2D eigenvalue weighted by molar-refractivity contribution is -0.160. The van der Waals surface area contributed by atoms with Crippen LogP contribution in [-0.2, 0) is 27.0 Å². The minimum atomic E-state index is -0.986. The third kappa shape index (κ3) is 7.83. The zero-order valence-corrected chi connectivity index (χ0v) is 26.6. The first-order chi connectivity index (χ1) is 20.6. The Hall–Kier alpha value is -3.26. The number of hydrogen-bond donors (Lipinski definition) is 2. The smallest absolute Gasteiger partial charge is 0.349 e. The Morgan fingerprint density at radius 3 is 2.42 bits per heavy atom. The third-order valence-corrected chi connectivity index (χ3v) is 9.44. The highest BCUT2D eigenvalue weighted by atomic mass is 32.2. The van der Waals surface area contributed by atoms with Crippen molar-refractivity contribution in [3.63, 3.8) is 0 Å². The standard InChI is InChI=1S/C36H44N2O4S/c1-26-10-15-30(35(2,3)4)32(24-26)43-33-31(39)25-36(42-34(33)40,17-16-27-8-6-5-7-9-27)28-11-13-29(14-12-28)41-23-22-38-20-18-37-19-21-38/h5-15,24,37,39H,16-23,25H2,1-4H3. The molecule has 2 N–H and O–H groups in total. The van der Waals surface area contributed by atoms with Crippen LogP contribution in [0.25, 0.3) is 0 Å². The molecule has 1 saturated heterocycles. The van der Waals surface area contributed by atoms with Crippen molar-refractivity contribution in [3.05, 3.63) is 106 Å². The molecule has 0 saturated carbocycles. The number of hydrogen-bond acceptors (Lipinski definition) is 7. The lowest BCUT2D eigenvalue weighted by atomic mass is 9.82. The summed E-state index contributed by atoms with van der Waals surface area (Å²) >= 11 is 1.31. The van der Waals surface area contributed by atoms with Crippen molar-refractivity contribution in [1.82, 2.24) is 10.2 Å². The molecule has 0 radical (unpaired) electrons. The van der Waals surface area contributed by atoms with Crippen LogP contribution >= 0.6 is 11.8 Å². The Morgan fingerprint density at radius 1 is 1.02 bits per heavy atom. The average molecular weight is 601 g/mol. The number of benzene rings is 3. The zero-order valence-electron chi connectivity index (χ0n) is 25.8. The quantitative estimate of drug-likeness (QED) is 0.245. The predicted octanol–water partition coefficient (Wildman–Crippen LogP) is 6.91. The molecule has 228 valence electrons. The Morgan fingerprint density at radius 2 is 1.74 bits per heavy atom. The van der Waals surface area contributed by atoms with Gasteiger partial charge in [0.05, 0.1) is 6.42 Å². The van der Waals surface area contributed by atoms with Gasteiger partial charge in [-0.25, -0.2) is 4.79 Å². The molecule has 0 aliphatic carbocycles. The Balaban J connectivity index is 1.38. The van der Waals surface area contributed by atoms with Crippen molar-refractivity contribution in [2.75, 3.05) is 39.3 Å². The summed E-state index contributed by atoms with van der Waals surface area (Å²) in [5, 5.41) is 14.9. The summed E-state index contributed by atoms with van der Waals surface area (Å²) in [6, 6.07) is 24.3. The monoisotopic (exact) mass is 600 g/mol. The van der Waals surface area contributed by atoms with Crippen molar-refractivity contribution < 1.29 is 19.4 Å². The molecule has 1 unspecified atom stereocenters. The summed E-state index contributed by atoms with van der Waals surface area (Å²) in [6.45, 7) is 14.1. The van der Waals surface area contributed by atoms with Crippen LogP contribution in [0.1, 0.15) is 55.9 Å². The van der Waals surface area contributed by atoms with E-state index < -0.39 is 11.6 Å². The highest BCUT2D eigenvalue weighted by molar-refractivity contribution is 8.04. The van der Waals surface area contributed by atoms with Crippen LogP contribution in [-0.4, -0.2) is 55.3 Å². The van der Waals surface area contributed by atoms with E-state index in [0.717, 1.165) is 65.6 Å². The largest absolute Gasteiger partial charge is 0.511 e. The number of thioether (sulfide) groups is 1. The molecule has 0 amide bonds. The van der Waals surface area contributed by atoms with Gasteiger partial charge in [0.15, 0.2) is 0 Å². The molecule has 1 fully saturated rings. The number of carbonyl (C=O) groups is 1. The molecule has 2 aliphatic heterocycles. The summed E-state index contributed by atoms with van der Waals surface area (Å²) in [7, 11) is 0. The van der Waals surface area contributed by atoms with Crippen molar-refractivity contribution in [2.24, 2.45) is 0 Å². The molecule has 3 aromatic rings. The van der Waals surface area contributed by atoms with Crippen molar-refractivity contribution in [1.29, 1.82) is 0 Å². The number of nitrogens with one attached hydrogen (secondary N) is 1. The van der Waals surface area contributed by atoms with Crippen LogP contribution in [0.3, 0.4) is 0 Å². The minimum Gasteiger partial charge on any atom is -0.511 e. The number of rotatable bonds is 10. The lowest BCUT2D eigenvalue weighted by Crippen LogP contribution is -2.44. The molecule has 0 spiro atoms. The number of aryl methyl sites for hydroxylation is 2. The molecule has 43 heavy (non-hydrogen) atoms. The van der Waals surface area contributed by atoms with Gasteiger partial charge in [-0.05, 0) is 65.6 Å². The third-order valence-electron chi connectivity index (χ3n) is 8.27. The van der Waals surface area contributed by atoms with Gasteiger partial charge in [0.25, 0.3) is 0 Å². The van der Waals surface area contributed by atoms with Crippen LogP contribution in [0.2, 0.25) is 0 Å². The molecule has 2 heterocycles. The lowest BCUT2D eigenvalue weighted by Gasteiger charge is -2.38. The highest BCUT2D eigenvalue weighted by Gasteiger charge is 2.44. The van der Waals surface area contributed by atoms with Crippen LogP contribution in [0.5, 0.6) is 5.75 Å². The fourth-order valence-electron chi connectivity index (χ4n) is 5.79. The number of piperazine rings is 1. The Bertz CT molecular complexity index is 1430. The summed E-state index contributed by atoms with van der Waals surface area (Å²) in [5.41, 5.74) is 3.15. The van der Waals surface area contributed by atoms with E-state index in [1.54, 1.807) is 0 Å². The van der Waals surface area contributed by atoms with E-state index >= 15 is 0 Å². The molecule has 0 bridgehead atoms. The number of ether oxygens (including phenoxy) is 2. The zero-order chi connectivity index (χ0) is 30.5. The predicted molar refractivity (Wildman–Crippen MR) is 174 cm³/mol. The van der Waals surface area contributed by atoms with E-state index in [1.165, 1.54) is 11.8 Å². The second kappa shape index (κ2) is 13.6. The molecule has 5 rings (SSSR count). The maximum absolute atomic E-state index is 13.7. The van der Waals surface area contributed by atoms with Crippen molar-refractivity contribution in [3.8, 4) is 5.75 Å². The SMILES string of the molecule is Cc1ccc(C(C)(C)C)c(SC2=C(O)CC(CCc3ccccc3)(c3ccc(OCCN4CCNCC4)cc3)OC2=O)c1. The van der Waals surface area contributed by atoms with E-state index in [0.29, 0.717) is 19.4 Å². The maximum atomic E-state index is 13.7. The topological polar surface area (TPSA) is 71.0 Å². The summed E-state index contributed by atoms with van der Waals surface area (Å²) in [5.74, 6) is 0.371. The van der Waals surface area contributed by atoms with Gasteiger partial charge in [0.1, 0.15) is 28.6 Å². The van der Waals surface area contributed by atoms with Gasteiger partial charge in [0, 0.05) is 37.6 Å². The second-order valence-corrected chi connectivity index (χ2v) is 13.7. The number of aliphatic hydroxyl groups excluding tert-OH is 1. The van der Waals surface area contributed by atoms with E-state index in [4.69, 9.17) is 9.47 Å². The molecule has 2 aliphatic rings. The second-order valence-electron chi connectivity index (χ2n) is 12.6. The molecule has 3 aromatic carbocycles. The van der Waals surface area contributed by atoms with Gasteiger partial charge < -0.3 is 19.9 Å². The van der Waals surface area contributed by atoms with Crippen molar-refractivity contribution in [2.45, 2.75) is 62.9 Å². The summed E-state index contributed by atoms with van der Waals surface area (Å²) in [6.07, 6.45) is 1.47. The van der Waals surface area contributed by atoms with Crippen LogP contribution in [0.4, 0.5) is 0 Å². The fourth-order valence-corrected chi connectivity index (χ4v) is 7.05.